The van der Waals surface area contributed by atoms with Crippen LogP contribution < -0.4 is 0 Å². The van der Waals surface area contributed by atoms with E-state index in [9.17, 15) is 5.21 Å². The van der Waals surface area contributed by atoms with Gasteiger partial charge in [-0.2, -0.15) is 0 Å². The standard InChI is InChI=1S/C8H9N3O/c1-5-3-4-6(2)8-7(5)9-10-11(8)12/h3-4,12H,1-2H3. The SMILES string of the molecule is Cc1ccc(C)c2c1nnn2O. The molecular weight excluding hydrogens is 154 g/mol. The maximum Gasteiger partial charge on any atom is 0.133 e. The Balaban J connectivity index is 2.98. The smallest absolute Gasteiger partial charge is 0.133 e. The van der Waals surface area contributed by atoms with Crippen LogP contribution in [0.5, 0.6) is 0 Å². The summed E-state index contributed by atoms with van der Waals surface area (Å²) in [6.45, 7) is 3.86. The Bertz CT molecular complexity index is 433. The molecule has 1 N–H and O–H groups in total. The van der Waals surface area contributed by atoms with Crippen LogP contribution in [-0.4, -0.2) is 20.4 Å². The van der Waals surface area contributed by atoms with Gasteiger partial charge < -0.3 is 5.21 Å². The predicted octanol–water partition coefficient (Wildman–Crippen LogP) is 1.29. The predicted molar refractivity (Wildman–Crippen MR) is 44.2 cm³/mol. The van der Waals surface area contributed by atoms with Crippen LogP contribution in [0.2, 0.25) is 0 Å². The van der Waals surface area contributed by atoms with Gasteiger partial charge in [0.05, 0.1) is 0 Å². The van der Waals surface area contributed by atoms with Crippen LogP contribution >= 0.6 is 0 Å². The van der Waals surface area contributed by atoms with E-state index < -0.39 is 0 Å². The zero-order chi connectivity index (χ0) is 8.72. The molecule has 2 rings (SSSR count). The van der Waals surface area contributed by atoms with Crippen molar-refractivity contribution in [3.8, 4) is 0 Å². The van der Waals surface area contributed by atoms with Crippen molar-refractivity contribution in [2.75, 3.05) is 0 Å². The number of rotatable bonds is 0. The fraction of sp³-hybridized carbons (Fsp3) is 0.250. The van der Waals surface area contributed by atoms with E-state index in [1.807, 2.05) is 26.0 Å². The largest absolute Gasteiger partial charge is 0.410 e. The topological polar surface area (TPSA) is 50.9 Å². The van der Waals surface area contributed by atoms with Crippen LogP contribution in [0.25, 0.3) is 11.0 Å². The van der Waals surface area contributed by atoms with Crippen LogP contribution in [0.15, 0.2) is 12.1 Å². The lowest BCUT2D eigenvalue weighted by molar-refractivity contribution is 0.154. The zero-order valence-corrected chi connectivity index (χ0v) is 6.94. The molecule has 0 spiro atoms. The van der Waals surface area contributed by atoms with Crippen molar-refractivity contribution in [3.05, 3.63) is 23.3 Å². The second kappa shape index (κ2) is 2.20. The van der Waals surface area contributed by atoms with E-state index >= 15 is 0 Å². The highest BCUT2D eigenvalue weighted by atomic mass is 16.5. The zero-order valence-electron chi connectivity index (χ0n) is 6.94. The van der Waals surface area contributed by atoms with Crippen molar-refractivity contribution in [3.63, 3.8) is 0 Å². The van der Waals surface area contributed by atoms with Gasteiger partial charge in [0.25, 0.3) is 0 Å². The number of benzene rings is 1. The third kappa shape index (κ3) is 0.777. The number of hydrogen-bond acceptors (Lipinski definition) is 3. The maximum atomic E-state index is 9.26. The Morgan fingerprint density at radius 1 is 1.25 bits per heavy atom. The third-order valence-electron chi connectivity index (χ3n) is 1.98. The van der Waals surface area contributed by atoms with Gasteiger partial charge in [0.15, 0.2) is 0 Å². The van der Waals surface area contributed by atoms with E-state index in [1.54, 1.807) is 0 Å². The molecule has 0 saturated heterocycles. The lowest BCUT2D eigenvalue weighted by Crippen LogP contribution is -1.93. The summed E-state index contributed by atoms with van der Waals surface area (Å²) in [5.74, 6) is 0. The van der Waals surface area contributed by atoms with Crippen LogP contribution in [0.1, 0.15) is 11.1 Å². The fourth-order valence-electron chi connectivity index (χ4n) is 1.29. The third-order valence-corrected chi connectivity index (χ3v) is 1.98. The highest BCUT2D eigenvalue weighted by Gasteiger charge is 2.07. The van der Waals surface area contributed by atoms with Gasteiger partial charge in [-0.05, 0) is 30.2 Å². The van der Waals surface area contributed by atoms with Gasteiger partial charge >= 0.3 is 0 Å². The fourth-order valence-corrected chi connectivity index (χ4v) is 1.29. The number of hydrogen-bond donors (Lipinski definition) is 1. The lowest BCUT2D eigenvalue weighted by Gasteiger charge is -1.97. The molecule has 0 aliphatic heterocycles. The first-order valence-corrected chi connectivity index (χ1v) is 3.71. The molecule has 4 nitrogen and oxygen atoms in total. The monoisotopic (exact) mass is 163 g/mol. The van der Waals surface area contributed by atoms with Crippen molar-refractivity contribution in [1.29, 1.82) is 0 Å². The number of aromatic nitrogens is 3. The molecule has 12 heavy (non-hydrogen) atoms. The summed E-state index contributed by atoms with van der Waals surface area (Å²) in [7, 11) is 0. The van der Waals surface area contributed by atoms with Crippen LogP contribution in [0.3, 0.4) is 0 Å². The molecule has 0 aliphatic carbocycles. The van der Waals surface area contributed by atoms with Crippen LogP contribution in [0, 0.1) is 13.8 Å². The van der Waals surface area contributed by atoms with Crippen LogP contribution in [0.4, 0.5) is 0 Å². The summed E-state index contributed by atoms with van der Waals surface area (Å²) in [6.07, 6.45) is 0. The van der Waals surface area contributed by atoms with Gasteiger partial charge in [0.2, 0.25) is 0 Å². The van der Waals surface area contributed by atoms with Crippen molar-refractivity contribution < 1.29 is 5.21 Å². The van der Waals surface area contributed by atoms with Crippen molar-refractivity contribution in [2.45, 2.75) is 13.8 Å². The van der Waals surface area contributed by atoms with Crippen molar-refractivity contribution in [2.24, 2.45) is 0 Å². The van der Waals surface area contributed by atoms with Gasteiger partial charge in [-0.25, -0.2) is 0 Å². The molecule has 2 aromatic rings. The number of aryl methyl sites for hydroxylation is 2. The molecule has 0 bridgehead atoms. The van der Waals surface area contributed by atoms with Crippen LogP contribution in [-0.2, 0) is 0 Å². The van der Waals surface area contributed by atoms with E-state index in [2.05, 4.69) is 10.3 Å². The minimum atomic E-state index is 0.690. The summed E-state index contributed by atoms with van der Waals surface area (Å²) < 4.78 is 0. The highest BCUT2D eigenvalue weighted by Crippen LogP contribution is 2.17. The summed E-state index contributed by atoms with van der Waals surface area (Å²) in [5.41, 5.74) is 3.45. The average molecular weight is 163 g/mol. The minimum Gasteiger partial charge on any atom is -0.410 e. The first kappa shape index (κ1) is 7.09. The van der Waals surface area contributed by atoms with Gasteiger partial charge in [-0.15, -0.1) is 5.10 Å². The molecule has 1 aromatic carbocycles. The van der Waals surface area contributed by atoms with Crippen molar-refractivity contribution >= 4 is 11.0 Å². The molecule has 0 saturated carbocycles. The van der Waals surface area contributed by atoms with E-state index in [-0.39, 0.29) is 0 Å². The summed E-state index contributed by atoms with van der Waals surface area (Å²) in [6, 6.07) is 3.90. The first-order chi connectivity index (χ1) is 5.70. The molecule has 62 valence electrons. The summed E-state index contributed by atoms with van der Waals surface area (Å²) in [4.78, 5) is 0.817. The second-order valence-corrected chi connectivity index (χ2v) is 2.88. The summed E-state index contributed by atoms with van der Waals surface area (Å²) >= 11 is 0. The molecular formula is C8H9N3O. The Morgan fingerprint density at radius 3 is 2.58 bits per heavy atom. The Morgan fingerprint density at radius 2 is 1.92 bits per heavy atom. The normalized spacial score (nSPS) is 10.8. The maximum absolute atomic E-state index is 9.26. The number of nitrogens with zero attached hydrogens (tertiary/aromatic N) is 3. The van der Waals surface area contributed by atoms with Gasteiger partial charge in [0, 0.05) is 0 Å². The van der Waals surface area contributed by atoms with E-state index in [1.165, 1.54) is 0 Å². The lowest BCUT2D eigenvalue weighted by atomic mass is 10.1. The van der Waals surface area contributed by atoms with Crippen molar-refractivity contribution in [1.82, 2.24) is 15.2 Å². The summed E-state index contributed by atoms with van der Waals surface area (Å²) in [5, 5.41) is 16.6. The van der Waals surface area contributed by atoms with Gasteiger partial charge in [-0.3, -0.25) is 0 Å². The van der Waals surface area contributed by atoms with E-state index in [0.29, 0.717) is 5.52 Å². The second-order valence-electron chi connectivity index (χ2n) is 2.88. The first-order valence-electron chi connectivity index (χ1n) is 3.71. The van der Waals surface area contributed by atoms with Gasteiger partial charge in [0.1, 0.15) is 11.0 Å². The Labute approximate surface area is 69.4 Å². The molecule has 0 amide bonds. The Hall–Kier alpha value is -1.58. The minimum absolute atomic E-state index is 0.690. The quantitative estimate of drug-likeness (QED) is 0.595. The number of fused-ring (bicyclic) bond motifs is 1. The van der Waals surface area contributed by atoms with E-state index in [0.717, 1.165) is 21.5 Å². The Kier molecular flexibility index (Phi) is 1.30. The van der Waals surface area contributed by atoms with E-state index in [4.69, 9.17) is 0 Å². The molecule has 1 heterocycles. The molecule has 0 radical (unpaired) electrons. The highest BCUT2D eigenvalue weighted by molar-refractivity contribution is 5.80. The molecule has 0 aliphatic rings. The average Bonchev–Trinajstić information content (AvgIpc) is 2.42. The molecule has 4 heteroatoms. The molecule has 0 atom stereocenters. The van der Waals surface area contributed by atoms with Gasteiger partial charge in [-0.1, -0.05) is 17.0 Å². The molecule has 0 unspecified atom stereocenters. The molecule has 0 fully saturated rings. The molecule has 1 aromatic heterocycles.